The van der Waals surface area contributed by atoms with E-state index < -0.39 is 0 Å². The third-order valence-corrected chi connectivity index (χ3v) is 3.76. The van der Waals surface area contributed by atoms with Gasteiger partial charge in [-0.3, -0.25) is 9.36 Å². The maximum atomic E-state index is 12.8. The number of nitrogen functional groups attached to an aromatic ring is 1. The third kappa shape index (κ3) is 1.73. The Kier molecular flexibility index (Phi) is 2.38. The van der Waals surface area contributed by atoms with Crippen molar-refractivity contribution in [2.24, 2.45) is 0 Å². The summed E-state index contributed by atoms with van der Waals surface area (Å²) >= 11 is 0. The van der Waals surface area contributed by atoms with Crippen molar-refractivity contribution in [3.8, 4) is 0 Å². The molecule has 0 aliphatic rings. The van der Waals surface area contributed by atoms with E-state index in [9.17, 15) is 4.79 Å². The van der Waals surface area contributed by atoms with Crippen molar-refractivity contribution in [2.45, 2.75) is 0 Å². The maximum absolute atomic E-state index is 12.8. The topological polar surface area (TPSA) is 63.8 Å². The Morgan fingerprint density at radius 3 is 2.90 bits per heavy atom. The fourth-order valence-electron chi connectivity index (χ4n) is 2.74. The summed E-state index contributed by atoms with van der Waals surface area (Å²) in [6.07, 6.45) is 3.63. The highest BCUT2D eigenvalue weighted by Crippen LogP contribution is 2.23. The zero-order valence-electron chi connectivity index (χ0n) is 11.2. The standard InChI is InChI=1S/C17H13N3O/c18-12-4-5-16-11(10-12)7-9-20(16)17(21)14-2-1-3-15-13(14)6-8-19-15/h1-10,19H,18H2. The molecule has 4 nitrogen and oxygen atoms in total. The van der Waals surface area contributed by atoms with Crippen molar-refractivity contribution in [3.05, 3.63) is 66.5 Å². The zero-order chi connectivity index (χ0) is 14.4. The quantitative estimate of drug-likeness (QED) is 0.523. The Morgan fingerprint density at radius 1 is 1.10 bits per heavy atom. The lowest BCUT2D eigenvalue weighted by Gasteiger charge is -2.06. The smallest absolute Gasteiger partial charge is 0.263 e. The monoisotopic (exact) mass is 275 g/mol. The van der Waals surface area contributed by atoms with Crippen molar-refractivity contribution in [2.75, 3.05) is 5.73 Å². The molecule has 2 aromatic heterocycles. The normalized spacial score (nSPS) is 11.2. The molecular weight excluding hydrogens is 262 g/mol. The van der Waals surface area contributed by atoms with Gasteiger partial charge in [0.2, 0.25) is 0 Å². The highest BCUT2D eigenvalue weighted by Gasteiger charge is 2.14. The van der Waals surface area contributed by atoms with Gasteiger partial charge in [0, 0.05) is 39.9 Å². The molecule has 0 spiro atoms. The summed E-state index contributed by atoms with van der Waals surface area (Å²) in [6, 6.07) is 15.1. The molecule has 3 N–H and O–H groups in total. The minimum Gasteiger partial charge on any atom is -0.399 e. The van der Waals surface area contributed by atoms with Crippen molar-refractivity contribution >= 4 is 33.4 Å². The number of nitrogens with two attached hydrogens (primary N) is 1. The molecule has 4 aromatic rings. The number of H-pyrrole nitrogens is 1. The molecule has 2 aromatic carbocycles. The van der Waals surface area contributed by atoms with Crippen LogP contribution in [0, 0.1) is 0 Å². The summed E-state index contributed by atoms with van der Waals surface area (Å²) in [4.78, 5) is 16.0. The number of nitrogens with one attached hydrogen (secondary N) is 1. The number of hydrogen-bond acceptors (Lipinski definition) is 2. The molecule has 102 valence electrons. The Bertz CT molecular complexity index is 978. The van der Waals surface area contributed by atoms with Crippen LogP contribution in [0.25, 0.3) is 21.8 Å². The first kappa shape index (κ1) is 11.8. The van der Waals surface area contributed by atoms with Gasteiger partial charge in [-0.2, -0.15) is 0 Å². The maximum Gasteiger partial charge on any atom is 0.263 e. The molecule has 21 heavy (non-hydrogen) atoms. The Morgan fingerprint density at radius 2 is 2.00 bits per heavy atom. The van der Waals surface area contributed by atoms with E-state index >= 15 is 0 Å². The number of carbonyl (C=O) groups excluding carboxylic acids is 1. The van der Waals surface area contributed by atoms with E-state index in [1.807, 2.05) is 54.7 Å². The van der Waals surface area contributed by atoms with Gasteiger partial charge in [-0.25, -0.2) is 0 Å². The third-order valence-electron chi connectivity index (χ3n) is 3.76. The van der Waals surface area contributed by atoms with E-state index in [0.717, 1.165) is 21.8 Å². The van der Waals surface area contributed by atoms with E-state index in [4.69, 9.17) is 5.73 Å². The summed E-state index contributed by atoms with van der Waals surface area (Å²) in [5.74, 6) is -0.0417. The van der Waals surface area contributed by atoms with Crippen molar-refractivity contribution in [1.29, 1.82) is 0 Å². The van der Waals surface area contributed by atoms with Gasteiger partial charge in [0.05, 0.1) is 5.52 Å². The predicted molar refractivity (Wildman–Crippen MR) is 84.4 cm³/mol. The van der Waals surface area contributed by atoms with Crippen LogP contribution in [0.3, 0.4) is 0 Å². The van der Waals surface area contributed by atoms with Gasteiger partial charge < -0.3 is 10.7 Å². The molecule has 0 saturated carbocycles. The number of anilines is 1. The van der Waals surface area contributed by atoms with Crippen molar-refractivity contribution in [3.63, 3.8) is 0 Å². The lowest BCUT2D eigenvalue weighted by atomic mass is 10.1. The fraction of sp³-hybridized carbons (Fsp3) is 0. The number of carbonyl (C=O) groups is 1. The van der Waals surface area contributed by atoms with Gasteiger partial charge in [-0.1, -0.05) is 6.07 Å². The SMILES string of the molecule is Nc1ccc2c(ccn2C(=O)c2cccc3[nH]ccc23)c1. The summed E-state index contributed by atoms with van der Waals surface area (Å²) in [7, 11) is 0. The average Bonchev–Trinajstić information content (AvgIpc) is 3.11. The molecule has 0 aliphatic carbocycles. The number of rotatable bonds is 1. The predicted octanol–water partition coefficient (Wildman–Crippen LogP) is 3.39. The van der Waals surface area contributed by atoms with Gasteiger partial charge >= 0.3 is 0 Å². The van der Waals surface area contributed by atoms with Crippen LogP contribution in [-0.4, -0.2) is 15.5 Å². The molecule has 4 heteroatoms. The lowest BCUT2D eigenvalue weighted by molar-refractivity contribution is 0.0966. The summed E-state index contributed by atoms with van der Waals surface area (Å²) in [6.45, 7) is 0. The second-order valence-corrected chi connectivity index (χ2v) is 5.05. The molecule has 0 radical (unpaired) electrons. The number of aromatic nitrogens is 2. The largest absolute Gasteiger partial charge is 0.399 e. The van der Waals surface area contributed by atoms with Crippen LogP contribution in [0.4, 0.5) is 5.69 Å². The van der Waals surface area contributed by atoms with Crippen LogP contribution >= 0.6 is 0 Å². The Labute approximate surface area is 120 Å². The van der Waals surface area contributed by atoms with Crippen molar-refractivity contribution in [1.82, 2.24) is 9.55 Å². The van der Waals surface area contributed by atoms with Crippen LogP contribution in [0.15, 0.2) is 60.9 Å². The van der Waals surface area contributed by atoms with E-state index in [0.29, 0.717) is 11.3 Å². The van der Waals surface area contributed by atoms with Gasteiger partial charge in [0.25, 0.3) is 5.91 Å². The summed E-state index contributed by atoms with van der Waals surface area (Å²) in [5, 5.41) is 1.89. The minimum atomic E-state index is -0.0417. The highest BCUT2D eigenvalue weighted by atomic mass is 16.2. The van der Waals surface area contributed by atoms with E-state index in [1.165, 1.54) is 0 Å². The van der Waals surface area contributed by atoms with Crippen LogP contribution in [0.5, 0.6) is 0 Å². The minimum absolute atomic E-state index is 0.0417. The first-order valence-corrected chi connectivity index (χ1v) is 6.71. The molecule has 0 unspecified atom stereocenters. The first-order chi connectivity index (χ1) is 10.2. The Balaban J connectivity index is 1.92. The van der Waals surface area contributed by atoms with E-state index in [2.05, 4.69) is 4.98 Å². The van der Waals surface area contributed by atoms with Gasteiger partial charge in [0.1, 0.15) is 0 Å². The number of fused-ring (bicyclic) bond motifs is 2. The molecule has 0 saturated heterocycles. The molecule has 2 heterocycles. The van der Waals surface area contributed by atoms with Gasteiger partial charge in [-0.15, -0.1) is 0 Å². The molecule has 0 fully saturated rings. The molecule has 0 aliphatic heterocycles. The second kappa shape index (κ2) is 4.24. The first-order valence-electron chi connectivity index (χ1n) is 6.71. The molecule has 4 rings (SSSR count). The average molecular weight is 275 g/mol. The molecule has 0 amide bonds. The van der Waals surface area contributed by atoms with Gasteiger partial charge in [-0.05, 0) is 42.5 Å². The second-order valence-electron chi connectivity index (χ2n) is 5.05. The number of nitrogens with zero attached hydrogens (tertiary/aromatic N) is 1. The summed E-state index contributed by atoms with van der Waals surface area (Å²) < 4.78 is 1.66. The van der Waals surface area contributed by atoms with Crippen molar-refractivity contribution < 1.29 is 4.79 Å². The fourth-order valence-corrected chi connectivity index (χ4v) is 2.74. The number of hydrogen-bond donors (Lipinski definition) is 2. The number of aromatic amines is 1. The number of benzene rings is 2. The van der Waals surface area contributed by atoms with Crippen LogP contribution in [-0.2, 0) is 0 Å². The molecular formula is C17H13N3O. The highest BCUT2D eigenvalue weighted by molar-refractivity contribution is 6.10. The molecule has 0 bridgehead atoms. The van der Waals surface area contributed by atoms with Gasteiger partial charge in [0.15, 0.2) is 0 Å². The lowest BCUT2D eigenvalue weighted by Crippen LogP contribution is -2.10. The Hall–Kier alpha value is -3.01. The van der Waals surface area contributed by atoms with Crippen LogP contribution < -0.4 is 5.73 Å². The van der Waals surface area contributed by atoms with Crippen LogP contribution in [0.1, 0.15) is 10.4 Å². The molecule has 0 atom stereocenters. The van der Waals surface area contributed by atoms with E-state index in [-0.39, 0.29) is 5.91 Å². The van der Waals surface area contributed by atoms with E-state index in [1.54, 1.807) is 10.8 Å². The zero-order valence-corrected chi connectivity index (χ0v) is 11.2. The van der Waals surface area contributed by atoms with Crippen LogP contribution in [0.2, 0.25) is 0 Å². The summed E-state index contributed by atoms with van der Waals surface area (Å²) in [5.41, 5.74) is 8.98.